The van der Waals surface area contributed by atoms with Crippen LogP contribution in [0.25, 0.3) is 0 Å². The minimum atomic E-state index is -0.523. The van der Waals surface area contributed by atoms with E-state index in [-0.39, 0.29) is 5.91 Å². The molecular formula is C27H37Cl2N3O. The van der Waals surface area contributed by atoms with E-state index in [4.69, 9.17) is 28.9 Å². The molecule has 2 aromatic carbocycles. The van der Waals surface area contributed by atoms with E-state index in [9.17, 15) is 4.79 Å². The van der Waals surface area contributed by atoms with Crippen LogP contribution in [0.5, 0.6) is 0 Å². The van der Waals surface area contributed by atoms with Crippen molar-refractivity contribution in [3.63, 3.8) is 0 Å². The van der Waals surface area contributed by atoms with Gasteiger partial charge >= 0.3 is 0 Å². The Morgan fingerprint density at radius 2 is 1.70 bits per heavy atom. The van der Waals surface area contributed by atoms with Gasteiger partial charge in [-0.25, -0.2) is 0 Å². The monoisotopic (exact) mass is 489 g/mol. The summed E-state index contributed by atoms with van der Waals surface area (Å²) in [6, 6.07) is 13.4. The Bertz CT molecular complexity index is 908. The van der Waals surface area contributed by atoms with Crippen LogP contribution in [0.15, 0.2) is 42.5 Å². The summed E-state index contributed by atoms with van der Waals surface area (Å²) in [6.07, 6.45) is 4.62. The number of likely N-dealkylation sites (tertiary alicyclic amines) is 1. The first-order valence-electron chi connectivity index (χ1n) is 12.0. The summed E-state index contributed by atoms with van der Waals surface area (Å²) in [6.45, 7) is 4.82. The van der Waals surface area contributed by atoms with Crippen molar-refractivity contribution in [3.05, 3.63) is 69.2 Å². The molecule has 1 saturated heterocycles. The number of amides is 1. The molecule has 1 amide bonds. The molecule has 0 radical (unpaired) electrons. The van der Waals surface area contributed by atoms with Gasteiger partial charge in [-0.1, -0.05) is 54.7 Å². The second kappa shape index (κ2) is 12.2. The van der Waals surface area contributed by atoms with Crippen molar-refractivity contribution in [3.8, 4) is 0 Å². The van der Waals surface area contributed by atoms with Gasteiger partial charge in [0.25, 0.3) is 0 Å². The Balaban J connectivity index is 1.62. The fraction of sp³-hybridized carbons (Fsp3) is 0.519. The lowest BCUT2D eigenvalue weighted by Crippen LogP contribution is -2.47. The molecule has 0 spiro atoms. The Labute approximate surface area is 209 Å². The summed E-state index contributed by atoms with van der Waals surface area (Å²) < 4.78 is 0. The number of benzene rings is 2. The van der Waals surface area contributed by atoms with Crippen LogP contribution < -0.4 is 5.73 Å². The molecule has 4 nitrogen and oxygen atoms in total. The fourth-order valence-electron chi connectivity index (χ4n) is 4.92. The van der Waals surface area contributed by atoms with Crippen molar-refractivity contribution >= 4 is 29.1 Å². The standard InChI is InChI=1S/C27H37Cl2N3O/c1-4-19(18-31(2)3)15-22-17-24(29)9-10-25(22)21-11-13-32(14-12-21)27(33)26(30)16-20-5-7-23(28)8-6-20/h5-10,17,19,21,26H,4,11-16,18,30H2,1-3H3/t19-,26+/m0/s1. The second-order valence-electron chi connectivity index (χ2n) is 9.62. The Morgan fingerprint density at radius 3 is 2.30 bits per heavy atom. The smallest absolute Gasteiger partial charge is 0.239 e. The fourth-order valence-corrected chi connectivity index (χ4v) is 5.24. The van der Waals surface area contributed by atoms with Gasteiger partial charge in [-0.3, -0.25) is 4.79 Å². The first kappa shape index (κ1) is 26.0. The van der Waals surface area contributed by atoms with Crippen molar-refractivity contribution in [1.82, 2.24) is 9.80 Å². The van der Waals surface area contributed by atoms with E-state index in [2.05, 4.69) is 38.1 Å². The van der Waals surface area contributed by atoms with Crippen molar-refractivity contribution in [2.24, 2.45) is 11.7 Å². The van der Waals surface area contributed by atoms with E-state index in [0.29, 0.717) is 23.3 Å². The minimum Gasteiger partial charge on any atom is -0.341 e. The molecular weight excluding hydrogens is 453 g/mol. The summed E-state index contributed by atoms with van der Waals surface area (Å²) in [7, 11) is 4.26. The SMILES string of the molecule is CC[C@@H](Cc1cc(Cl)ccc1C1CCN(C(=O)[C@H](N)Cc2ccc(Cl)cc2)CC1)CN(C)C. The molecule has 1 heterocycles. The molecule has 1 aliphatic rings. The maximum Gasteiger partial charge on any atom is 0.239 e. The number of piperidine rings is 1. The van der Waals surface area contributed by atoms with Crippen LogP contribution in [0.4, 0.5) is 0 Å². The predicted octanol–water partition coefficient (Wildman–Crippen LogP) is 5.40. The Morgan fingerprint density at radius 1 is 1.06 bits per heavy atom. The molecule has 0 saturated carbocycles. The van der Waals surface area contributed by atoms with Gasteiger partial charge in [0.05, 0.1) is 6.04 Å². The largest absolute Gasteiger partial charge is 0.341 e. The zero-order chi connectivity index (χ0) is 24.0. The van der Waals surface area contributed by atoms with Gasteiger partial charge in [0.2, 0.25) is 5.91 Å². The van der Waals surface area contributed by atoms with Crippen LogP contribution in [-0.2, 0) is 17.6 Å². The van der Waals surface area contributed by atoms with Crippen LogP contribution in [-0.4, -0.2) is 55.5 Å². The van der Waals surface area contributed by atoms with E-state index >= 15 is 0 Å². The summed E-state index contributed by atoms with van der Waals surface area (Å²) in [5.74, 6) is 1.09. The van der Waals surface area contributed by atoms with Crippen LogP contribution in [0.3, 0.4) is 0 Å². The van der Waals surface area contributed by atoms with Gasteiger partial charge < -0.3 is 15.5 Å². The molecule has 33 heavy (non-hydrogen) atoms. The molecule has 0 aromatic heterocycles. The quantitative estimate of drug-likeness (QED) is 0.512. The van der Waals surface area contributed by atoms with E-state index < -0.39 is 6.04 Å². The number of hydrogen-bond donors (Lipinski definition) is 1. The molecule has 1 fully saturated rings. The highest BCUT2D eigenvalue weighted by atomic mass is 35.5. The maximum atomic E-state index is 13.0. The van der Waals surface area contributed by atoms with E-state index in [0.717, 1.165) is 55.9 Å². The first-order valence-corrected chi connectivity index (χ1v) is 12.7. The van der Waals surface area contributed by atoms with Crippen molar-refractivity contribution in [1.29, 1.82) is 0 Å². The number of nitrogens with two attached hydrogens (primary N) is 1. The van der Waals surface area contributed by atoms with Gasteiger partial charge in [-0.05, 0) is 92.6 Å². The number of carbonyl (C=O) groups is 1. The zero-order valence-corrected chi connectivity index (χ0v) is 21.6. The normalized spacial score (nSPS) is 16.8. The highest BCUT2D eigenvalue weighted by Gasteiger charge is 2.28. The molecule has 3 rings (SSSR count). The average Bonchev–Trinajstić information content (AvgIpc) is 2.79. The van der Waals surface area contributed by atoms with E-state index in [1.165, 1.54) is 11.1 Å². The second-order valence-corrected chi connectivity index (χ2v) is 10.5. The van der Waals surface area contributed by atoms with Crippen molar-refractivity contribution in [2.75, 3.05) is 33.7 Å². The molecule has 2 N–H and O–H groups in total. The van der Waals surface area contributed by atoms with Gasteiger partial charge in [-0.15, -0.1) is 0 Å². The van der Waals surface area contributed by atoms with Gasteiger partial charge in [0.15, 0.2) is 0 Å². The van der Waals surface area contributed by atoms with Crippen LogP contribution in [0.2, 0.25) is 10.0 Å². The van der Waals surface area contributed by atoms with Crippen molar-refractivity contribution < 1.29 is 4.79 Å². The molecule has 1 aliphatic heterocycles. The van der Waals surface area contributed by atoms with Gasteiger partial charge in [0, 0.05) is 29.7 Å². The summed E-state index contributed by atoms with van der Waals surface area (Å²) >= 11 is 12.3. The highest BCUT2D eigenvalue weighted by molar-refractivity contribution is 6.30. The Hall–Kier alpha value is -1.59. The number of halogens is 2. The lowest BCUT2D eigenvalue weighted by atomic mass is 9.83. The third kappa shape index (κ3) is 7.45. The van der Waals surface area contributed by atoms with Crippen LogP contribution in [0.1, 0.15) is 48.8 Å². The van der Waals surface area contributed by atoms with E-state index in [1.54, 1.807) is 0 Å². The molecule has 180 valence electrons. The summed E-state index contributed by atoms with van der Waals surface area (Å²) in [5.41, 5.74) is 10.1. The number of carbonyl (C=O) groups excluding carboxylic acids is 1. The number of nitrogens with zero attached hydrogens (tertiary/aromatic N) is 2. The maximum absolute atomic E-state index is 13.0. The Kier molecular flexibility index (Phi) is 9.63. The lowest BCUT2D eigenvalue weighted by Gasteiger charge is -2.35. The number of rotatable bonds is 9. The zero-order valence-electron chi connectivity index (χ0n) is 20.1. The average molecular weight is 491 g/mol. The summed E-state index contributed by atoms with van der Waals surface area (Å²) in [5, 5.41) is 1.49. The molecule has 2 atom stereocenters. The molecule has 0 aliphatic carbocycles. The van der Waals surface area contributed by atoms with Gasteiger partial charge in [-0.2, -0.15) is 0 Å². The first-order chi connectivity index (χ1) is 15.8. The van der Waals surface area contributed by atoms with Crippen LogP contribution in [0, 0.1) is 5.92 Å². The highest BCUT2D eigenvalue weighted by Crippen LogP contribution is 2.33. The van der Waals surface area contributed by atoms with E-state index in [1.807, 2.05) is 35.2 Å². The third-order valence-electron chi connectivity index (χ3n) is 6.75. The van der Waals surface area contributed by atoms with Crippen LogP contribution >= 0.6 is 23.2 Å². The topological polar surface area (TPSA) is 49.6 Å². The number of hydrogen-bond acceptors (Lipinski definition) is 3. The molecule has 0 bridgehead atoms. The minimum absolute atomic E-state index is 0.0387. The summed E-state index contributed by atoms with van der Waals surface area (Å²) in [4.78, 5) is 17.2. The predicted molar refractivity (Wildman–Crippen MR) is 139 cm³/mol. The molecule has 6 heteroatoms. The van der Waals surface area contributed by atoms with Crippen molar-refractivity contribution in [2.45, 2.75) is 51.0 Å². The molecule has 2 aromatic rings. The third-order valence-corrected chi connectivity index (χ3v) is 7.23. The lowest BCUT2D eigenvalue weighted by molar-refractivity contribution is -0.133. The molecule has 0 unspecified atom stereocenters. The van der Waals surface area contributed by atoms with Gasteiger partial charge in [0.1, 0.15) is 0 Å².